The van der Waals surface area contributed by atoms with Gasteiger partial charge in [0.25, 0.3) is 0 Å². The summed E-state index contributed by atoms with van der Waals surface area (Å²) in [6.07, 6.45) is 7.45. The van der Waals surface area contributed by atoms with Crippen molar-refractivity contribution in [2.45, 2.75) is 33.1 Å². The molecule has 0 fully saturated rings. The standard InChI is InChI=1S/C21H22.C12H8N2/c1-14(2)16-8-10-19-17(13-16)9-12-20-18-6-4-3-5-15(18)7-11-21(19)20;1-3-9-5-6-10-4-2-8-14-12(10)11(9)13-7-1/h3-7,9,11-12,14,16H,8,10,13H2,1-2H3;1-8H. The molecule has 7 rings (SSSR count). The van der Waals surface area contributed by atoms with Crippen LogP contribution in [-0.4, -0.2) is 9.97 Å². The summed E-state index contributed by atoms with van der Waals surface area (Å²) in [5.74, 6) is 1.65. The van der Waals surface area contributed by atoms with E-state index >= 15 is 0 Å². The van der Waals surface area contributed by atoms with Crippen LogP contribution in [-0.2, 0) is 12.8 Å². The van der Waals surface area contributed by atoms with Crippen molar-refractivity contribution in [2.24, 2.45) is 11.8 Å². The molecule has 2 aromatic heterocycles. The summed E-state index contributed by atoms with van der Waals surface area (Å²) < 4.78 is 0. The molecule has 0 N–H and O–H groups in total. The van der Waals surface area contributed by atoms with Crippen LogP contribution in [0, 0.1) is 11.8 Å². The molecule has 2 nitrogen and oxygen atoms in total. The molecule has 1 atom stereocenters. The Hall–Kier alpha value is -3.78. The highest BCUT2D eigenvalue weighted by atomic mass is 14.7. The first-order chi connectivity index (χ1) is 17.2. The highest BCUT2D eigenvalue weighted by Crippen LogP contribution is 2.36. The average molecular weight is 455 g/mol. The molecule has 0 bridgehead atoms. The SMILES string of the molecule is CC(C)C1CCc2c(ccc3c2ccc2ccccc23)C1.c1cnc2c(c1)ccc1cccnc12. The van der Waals surface area contributed by atoms with E-state index in [4.69, 9.17) is 0 Å². The van der Waals surface area contributed by atoms with Gasteiger partial charge in [0.15, 0.2) is 0 Å². The quantitative estimate of drug-likeness (QED) is 0.233. The average Bonchev–Trinajstić information content (AvgIpc) is 2.92. The molecule has 0 radical (unpaired) electrons. The predicted molar refractivity (Wildman–Crippen MR) is 149 cm³/mol. The number of nitrogens with zero attached hydrogens (tertiary/aromatic N) is 2. The Morgan fingerprint density at radius 2 is 1.26 bits per heavy atom. The third kappa shape index (κ3) is 4.04. The molecule has 0 saturated carbocycles. The number of rotatable bonds is 1. The maximum absolute atomic E-state index is 4.35. The van der Waals surface area contributed by atoms with Crippen molar-refractivity contribution in [3.05, 3.63) is 108 Å². The molecule has 0 spiro atoms. The molecule has 172 valence electrons. The number of hydrogen-bond acceptors (Lipinski definition) is 2. The van der Waals surface area contributed by atoms with Crippen LogP contribution < -0.4 is 0 Å². The van der Waals surface area contributed by atoms with Crippen LogP contribution in [0.1, 0.15) is 31.4 Å². The smallest absolute Gasteiger partial charge is 0.0964 e. The number of pyridine rings is 2. The molecule has 4 aromatic carbocycles. The summed E-state index contributed by atoms with van der Waals surface area (Å²) in [5, 5.41) is 7.92. The van der Waals surface area contributed by atoms with Crippen LogP contribution >= 0.6 is 0 Å². The molecular formula is C33H30N2. The highest BCUT2D eigenvalue weighted by molar-refractivity contribution is 6.08. The second-order valence-corrected chi connectivity index (χ2v) is 10.0. The molecule has 1 unspecified atom stereocenters. The van der Waals surface area contributed by atoms with E-state index in [2.05, 4.69) is 96.6 Å². The molecule has 0 saturated heterocycles. The lowest BCUT2D eigenvalue weighted by molar-refractivity contribution is 0.344. The first kappa shape index (κ1) is 21.7. The Labute approximate surface area is 206 Å². The maximum Gasteiger partial charge on any atom is 0.0964 e. The summed E-state index contributed by atoms with van der Waals surface area (Å²) in [6, 6.07) is 30.2. The molecule has 1 aliphatic rings. The van der Waals surface area contributed by atoms with Crippen molar-refractivity contribution in [3.8, 4) is 0 Å². The number of benzene rings is 4. The Balaban J connectivity index is 0.000000141. The van der Waals surface area contributed by atoms with Gasteiger partial charge in [0.1, 0.15) is 0 Å². The fraction of sp³-hybridized carbons (Fsp3) is 0.212. The van der Waals surface area contributed by atoms with Gasteiger partial charge in [-0.25, -0.2) is 0 Å². The van der Waals surface area contributed by atoms with Gasteiger partial charge in [0.2, 0.25) is 0 Å². The molecular weight excluding hydrogens is 424 g/mol. The van der Waals surface area contributed by atoms with Gasteiger partial charge in [0.05, 0.1) is 11.0 Å². The fourth-order valence-corrected chi connectivity index (χ4v) is 5.65. The lowest BCUT2D eigenvalue weighted by Crippen LogP contribution is -2.19. The van der Waals surface area contributed by atoms with E-state index in [9.17, 15) is 0 Å². The van der Waals surface area contributed by atoms with Crippen molar-refractivity contribution in [2.75, 3.05) is 0 Å². The first-order valence-corrected chi connectivity index (χ1v) is 12.7. The topological polar surface area (TPSA) is 25.8 Å². The van der Waals surface area contributed by atoms with Crippen LogP contribution in [0.2, 0.25) is 0 Å². The van der Waals surface area contributed by atoms with Crippen LogP contribution in [0.5, 0.6) is 0 Å². The van der Waals surface area contributed by atoms with Crippen LogP contribution in [0.25, 0.3) is 43.4 Å². The van der Waals surface area contributed by atoms with Gasteiger partial charge < -0.3 is 0 Å². The second-order valence-electron chi connectivity index (χ2n) is 10.0. The van der Waals surface area contributed by atoms with Gasteiger partial charge in [-0.2, -0.15) is 0 Å². The third-order valence-electron chi connectivity index (χ3n) is 7.67. The minimum absolute atomic E-state index is 0.797. The zero-order chi connectivity index (χ0) is 23.8. The maximum atomic E-state index is 4.35. The summed E-state index contributed by atoms with van der Waals surface area (Å²) in [5.41, 5.74) is 5.15. The summed E-state index contributed by atoms with van der Waals surface area (Å²) >= 11 is 0. The first-order valence-electron chi connectivity index (χ1n) is 12.7. The molecule has 0 amide bonds. The van der Waals surface area contributed by atoms with E-state index in [1.165, 1.54) is 40.8 Å². The van der Waals surface area contributed by atoms with E-state index in [1.54, 1.807) is 23.5 Å². The van der Waals surface area contributed by atoms with E-state index in [0.717, 1.165) is 33.6 Å². The van der Waals surface area contributed by atoms with Gasteiger partial charge in [-0.3, -0.25) is 9.97 Å². The minimum Gasteiger partial charge on any atom is -0.254 e. The Morgan fingerprint density at radius 1 is 0.629 bits per heavy atom. The minimum atomic E-state index is 0.797. The fourth-order valence-electron chi connectivity index (χ4n) is 5.65. The van der Waals surface area contributed by atoms with Gasteiger partial charge in [-0.15, -0.1) is 0 Å². The van der Waals surface area contributed by atoms with E-state index in [1.807, 2.05) is 12.1 Å². The van der Waals surface area contributed by atoms with Gasteiger partial charge >= 0.3 is 0 Å². The highest BCUT2D eigenvalue weighted by Gasteiger charge is 2.22. The van der Waals surface area contributed by atoms with E-state index in [0.29, 0.717) is 0 Å². The second kappa shape index (κ2) is 9.11. The summed E-state index contributed by atoms with van der Waals surface area (Å²) in [4.78, 5) is 8.69. The number of aromatic nitrogens is 2. The Bertz CT molecular complexity index is 1610. The molecule has 1 aliphatic carbocycles. The van der Waals surface area contributed by atoms with Gasteiger partial charge in [-0.05, 0) is 75.9 Å². The van der Waals surface area contributed by atoms with Crippen molar-refractivity contribution in [1.29, 1.82) is 0 Å². The van der Waals surface area contributed by atoms with E-state index in [-0.39, 0.29) is 0 Å². The zero-order valence-electron chi connectivity index (χ0n) is 20.4. The molecule has 35 heavy (non-hydrogen) atoms. The van der Waals surface area contributed by atoms with Crippen LogP contribution in [0.3, 0.4) is 0 Å². The van der Waals surface area contributed by atoms with Crippen LogP contribution in [0.15, 0.2) is 97.3 Å². The molecule has 0 aliphatic heterocycles. The van der Waals surface area contributed by atoms with Crippen molar-refractivity contribution < 1.29 is 0 Å². The Kier molecular flexibility index (Phi) is 5.66. The van der Waals surface area contributed by atoms with Gasteiger partial charge in [0, 0.05) is 23.2 Å². The summed E-state index contributed by atoms with van der Waals surface area (Å²) in [6.45, 7) is 4.73. The summed E-state index contributed by atoms with van der Waals surface area (Å²) in [7, 11) is 0. The molecule has 6 aromatic rings. The van der Waals surface area contributed by atoms with Gasteiger partial charge in [-0.1, -0.05) is 86.6 Å². The van der Waals surface area contributed by atoms with Crippen molar-refractivity contribution >= 4 is 43.4 Å². The normalized spacial score (nSPS) is 15.3. The van der Waals surface area contributed by atoms with Crippen LogP contribution in [0.4, 0.5) is 0 Å². The number of fused-ring (bicyclic) bond motifs is 8. The lowest BCUT2D eigenvalue weighted by atomic mass is 9.77. The molecule has 2 heteroatoms. The zero-order valence-corrected chi connectivity index (χ0v) is 20.4. The molecule has 2 heterocycles. The third-order valence-corrected chi connectivity index (χ3v) is 7.67. The number of hydrogen-bond donors (Lipinski definition) is 0. The number of aryl methyl sites for hydroxylation is 1. The van der Waals surface area contributed by atoms with E-state index < -0.39 is 0 Å². The largest absolute Gasteiger partial charge is 0.254 e. The monoisotopic (exact) mass is 454 g/mol. The lowest BCUT2D eigenvalue weighted by Gasteiger charge is -2.28. The predicted octanol–water partition coefficient (Wildman–Crippen LogP) is 8.54. The van der Waals surface area contributed by atoms with Crippen molar-refractivity contribution in [1.82, 2.24) is 9.97 Å². The van der Waals surface area contributed by atoms with Crippen molar-refractivity contribution in [3.63, 3.8) is 0 Å². The Morgan fingerprint density at radius 3 is 1.97 bits per heavy atom.